The number of nitrogens with one attached hydrogen (secondary N) is 2. The van der Waals surface area contributed by atoms with Gasteiger partial charge in [-0.3, -0.25) is 14.9 Å². The molecule has 0 aliphatic carbocycles. The highest BCUT2D eigenvalue weighted by Crippen LogP contribution is 2.27. The molecule has 0 bridgehead atoms. The molecule has 0 aromatic heterocycles. The van der Waals surface area contributed by atoms with Crippen molar-refractivity contribution in [3.05, 3.63) is 69.4 Å². The molecular weight excluding hydrogens is 360 g/mol. The smallest absolute Gasteiger partial charge is 0.289 e. The minimum absolute atomic E-state index is 0.0149. The van der Waals surface area contributed by atoms with Crippen LogP contribution in [0.4, 0.5) is 17.1 Å². The van der Waals surface area contributed by atoms with Gasteiger partial charge >= 0.3 is 0 Å². The van der Waals surface area contributed by atoms with E-state index in [1.54, 1.807) is 30.3 Å². The number of nitro groups is 1. The van der Waals surface area contributed by atoms with Crippen LogP contribution >= 0.6 is 11.6 Å². The lowest BCUT2D eigenvalue weighted by Crippen LogP contribution is -2.15. The predicted molar refractivity (Wildman–Crippen MR) is 97.0 cm³/mol. The number of halogens is 1. The molecule has 9 heteroatoms. The molecule has 0 spiro atoms. The summed E-state index contributed by atoms with van der Waals surface area (Å²) in [4.78, 5) is 22.5. The van der Waals surface area contributed by atoms with E-state index in [1.165, 1.54) is 25.3 Å². The summed E-state index contributed by atoms with van der Waals surface area (Å²) < 4.78 is 5.13. The van der Waals surface area contributed by atoms with E-state index in [0.717, 1.165) is 6.20 Å². The molecule has 2 rings (SSSR count). The van der Waals surface area contributed by atoms with Crippen LogP contribution in [-0.4, -0.2) is 17.9 Å². The molecule has 0 atom stereocenters. The molecule has 0 aliphatic rings. The number of benzene rings is 2. The molecule has 0 heterocycles. The van der Waals surface area contributed by atoms with Gasteiger partial charge in [0.2, 0.25) is 0 Å². The van der Waals surface area contributed by atoms with E-state index in [1.807, 2.05) is 0 Å². The van der Waals surface area contributed by atoms with Crippen LogP contribution in [0.3, 0.4) is 0 Å². The lowest BCUT2D eigenvalue weighted by Gasteiger charge is -2.09. The number of carbonyl (C=O) groups excluding carboxylic acids is 1. The molecule has 0 saturated heterocycles. The molecule has 0 aliphatic heterocycles. The maximum atomic E-state index is 12.2. The van der Waals surface area contributed by atoms with Crippen molar-refractivity contribution in [2.45, 2.75) is 0 Å². The zero-order valence-electron chi connectivity index (χ0n) is 13.5. The number of nitro benzene ring substituents is 1. The van der Waals surface area contributed by atoms with E-state index < -0.39 is 10.8 Å². The number of rotatable bonds is 6. The fourth-order valence-corrected chi connectivity index (χ4v) is 2.17. The van der Waals surface area contributed by atoms with Crippen LogP contribution in [0.15, 0.2) is 54.2 Å². The Balaban J connectivity index is 2.18. The second-order valence-electron chi connectivity index (χ2n) is 4.89. The molecule has 2 aromatic carbocycles. The summed E-state index contributed by atoms with van der Waals surface area (Å²) in [6.07, 6.45) is 1.15. The first-order valence-electron chi connectivity index (χ1n) is 7.21. The standard InChI is InChI=1S/C17H13ClN4O4/c1-26-16-5-3-2-4-14(16)21-17(23)11(9-19)10-20-12-6-7-13(18)15(8-12)22(24)25/h2-8,10,20H,1H3,(H,21,23)/b11-10-. The summed E-state index contributed by atoms with van der Waals surface area (Å²) in [5.74, 6) is -0.215. The number of nitrogens with zero attached hydrogens (tertiary/aromatic N) is 2. The lowest BCUT2D eigenvalue weighted by molar-refractivity contribution is -0.384. The second-order valence-corrected chi connectivity index (χ2v) is 5.30. The second kappa shape index (κ2) is 8.50. The van der Waals surface area contributed by atoms with Gasteiger partial charge in [-0.05, 0) is 24.3 Å². The van der Waals surface area contributed by atoms with Gasteiger partial charge in [0.1, 0.15) is 22.4 Å². The highest BCUT2D eigenvalue weighted by atomic mass is 35.5. The van der Waals surface area contributed by atoms with Crippen LogP contribution in [0.25, 0.3) is 0 Å². The normalized spacial score (nSPS) is 10.6. The van der Waals surface area contributed by atoms with E-state index in [2.05, 4.69) is 10.6 Å². The predicted octanol–water partition coefficient (Wildman–Crippen LogP) is 3.71. The van der Waals surface area contributed by atoms with Gasteiger partial charge in [-0.15, -0.1) is 0 Å². The number of nitriles is 1. The number of amides is 1. The number of ether oxygens (including phenoxy) is 1. The number of anilines is 2. The number of carbonyl (C=O) groups is 1. The van der Waals surface area contributed by atoms with Crippen LogP contribution in [0.1, 0.15) is 0 Å². The molecule has 0 unspecified atom stereocenters. The SMILES string of the molecule is COc1ccccc1NC(=O)/C(C#N)=C\Nc1ccc(Cl)c([N+](=O)[O-])c1. The van der Waals surface area contributed by atoms with Crippen LogP contribution in [0.2, 0.25) is 5.02 Å². The molecule has 1 amide bonds. The molecule has 0 saturated carbocycles. The number of hydrogen-bond acceptors (Lipinski definition) is 6. The van der Waals surface area contributed by atoms with Gasteiger partial charge < -0.3 is 15.4 Å². The Labute approximate surface area is 153 Å². The minimum atomic E-state index is -0.659. The molecule has 2 aromatic rings. The Hall–Kier alpha value is -3.57. The van der Waals surface area contributed by atoms with Crippen LogP contribution < -0.4 is 15.4 Å². The monoisotopic (exact) mass is 372 g/mol. The van der Waals surface area contributed by atoms with Gasteiger partial charge in [0, 0.05) is 18.0 Å². The molecular formula is C17H13ClN4O4. The Kier molecular flexibility index (Phi) is 6.14. The zero-order chi connectivity index (χ0) is 19.1. The van der Waals surface area contributed by atoms with E-state index in [-0.39, 0.29) is 16.3 Å². The first-order chi connectivity index (χ1) is 12.5. The maximum absolute atomic E-state index is 12.2. The molecule has 26 heavy (non-hydrogen) atoms. The van der Waals surface area contributed by atoms with Gasteiger partial charge in [-0.25, -0.2) is 0 Å². The highest BCUT2D eigenvalue weighted by Gasteiger charge is 2.14. The molecule has 0 fully saturated rings. The minimum Gasteiger partial charge on any atom is -0.495 e. The van der Waals surface area contributed by atoms with E-state index in [0.29, 0.717) is 17.1 Å². The highest BCUT2D eigenvalue weighted by molar-refractivity contribution is 6.32. The summed E-state index contributed by atoms with van der Waals surface area (Å²) >= 11 is 5.74. The largest absolute Gasteiger partial charge is 0.495 e. The average molecular weight is 373 g/mol. The Morgan fingerprint density at radius 3 is 2.73 bits per heavy atom. The average Bonchev–Trinajstić information content (AvgIpc) is 2.63. The van der Waals surface area contributed by atoms with Crippen molar-refractivity contribution in [2.75, 3.05) is 17.7 Å². The van der Waals surface area contributed by atoms with Crippen LogP contribution in [0.5, 0.6) is 5.75 Å². The van der Waals surface area contributed by atoms with Crippen molar-refractivity contribution >= 4 is 34.6 Å². The van der Waals surface area contributed by atoms with Crippen LogP contribution in [-0.2, 0) is 4.79 Å². The Morgan fingerprint density at radius 2 is 2.08 bits per heavy atom. The van der Waals surface area contributed by atoms with Gasteiger partial charge in [0.25, 0.3) is 11.6 Å². The van der Waals surface area contributed by atoms with Crippen molar-refractivity contribution in [1.29, 1.82) is 5.26 Å². The third kappa shape index (κ3) is 4.49. The van der Waals surface area contributed by atoms with Crippen molar-refractivity contribution < 1.29 is 14.5 Å². The third-order valence-corrected chi connectivity index (χ3v) is 3.57. The quantitative estimate of drug-likeness (QED) is 0.345. The Bertz CT molecular complexity index is 921. The molecule has 2 N–H and O–H groups in total. The maximum Gasteiger partial charge on any atom is 0.289 e. The third-order valence-electron chi connectivity index (χ3n) is 3.25. The van der Waals surface area contributed by atoms with Gasteiger partial charge in [-0.1, -0.05) is 23.7 Å². The van der Waals surface area contributed by atoms with Gasteiger partial charge in [-0.2, -0.15) is 5.26 Å². The number of methoxy groups -OCH3 is 1. The van der Waals surface area contributed by atoms with Crippen LogP contribution in [0, 0.1) is 21.4 Å². The van der Waals surface area contributed by atoms with Gasteiger partial charge in [0.15, 0.2) is 0 Å². The topological polar surface area (TPSA) is 117 Å². The lowest BCUT2D eigenvalue weighted by atomic mass is 10.2. The molecule has 8 nitrogen and oxygen atoms in total. The summed E-state index contributed by atoms with van der Waals surface area (Å²) in [6.45, 7) is 0. The first-order valence-corrected chi connectivity index (χ1v) is 7.59. The van der Waals surface area contributed by atoms with Crippen molar-refractivity contribution in [2.24, 2.45) is 0 Å². The fourth-order valence-electron chi connectivity index (χ4n) is 1.98. The Morgan fingerprint density at radius 1 is 1.35 bits per heavy atom. The summed E-state index contributed by atoms with van der Waals surface area (Å²) in [5.41, 5.74) is 0.192. The summed E-state index contributed by atoms with van der Waals surface area (Å²) in [6, 6.07) is 12.5. The van der Waals surface area contributed by atoms with E-state index >= 15 is 0 Å². The number of para-hydroxylation sites is 2. The van der Waals surface area contributed by atoms with Crippen molar-refractivity contribution in [3.63, 3.8) is 0 Å². The molecule has 132 valence electrons. The number of hydrogen-bond donors (Lipinski definition) is 2. The van der Waals surface area contributed by atoms with E-state index in [9.17, 15) is 20.2 Å². The first kappa shape index (κ1) is 18.8. The van der Waals surface area contributed by atoms with E-state index in [4.69, 9.17) is 16.3 Å². The van der Waals surface area contributed by atoms with Crippen molar-refractivity contribution in [3.8, 4) is 11.8 Å². The summed E-state index contributed by atoms with van der Waals surface area (Å²) in [5, 5.41) is 25.3. The zero-order valence-corrected chi connectivity index (χ0v) is 14.3. The summed E-state index contributed by atoms with van der Waals surface area (Å²) in [7, 11) is 1.46. The molecule has 0 radical (unpaired) electrons. The van der Waals surface area contributed by atoms with Crippen molar-refractivity contribution in [1.82, 2.24) is 0 Å². The van der Waals surface area contributed by atoms with Gasteiger partial charge in [0.05, 0.1) is 17.7 Å². The fraction of sp³-hybridized carbons (Fsp3) is 0.0588.